The summed E-state index contributed by atoms with van der Waals surface area (Å²) in [5, 5.41) is 2.86. The number of hydrogen-bond donors (Lipinski definition) is 2. The van der Waals surface area contributed by atoms with E-state index in [1.54, 1.807) is 16.8 Å². The van der Waals surface area contributed by atoms with Crippen LogP contribution in [0.1, 0.15) is 69.2 Å². The van der Waals surface area contributed by atoms with Crippen molar-refractivity contribution in [2.45, 2.75) is 82.7 Å². The number of aryl methyl sites for hydroxylation is 1. The Hall–Kier alpha value is -2.72. The van der Waals surface area contributed by atoms with Crippen molar-refractivity contribution < 1.29 is 18.0 Å². The fourth-order valence-electron chi connectivity index (χ4n) is 9.22. The molecule has 5 aliphatic rings. The van der Waals surface area contributed by atoms with Gasteiger partial charge in [0, 0.05) is 42.9 Å². The van der Waals surface area contributed by atoms with Crippen molar-refractivity contribution in [2.75, 3.05) is 18.8 Å². The molecule has 3 aliphatic carbocycles. The van der Waals surface area contributed by atoms with Gasteiger partial charge in [0.1, 0.15) is 6.04 Å². The summed E-state index contributed by atoms with van der Waals surface area (Å²) in [7, 11) is -3.61. The number of carbonyl (C=O) groups excluding carboxylic acids is 2. The smallest absolute Gasteiger partial charge is 0.325 e. The van der Waals surface area contributed by atoms with Crippen molar-refractivity contribution in [1.82, 2.24) is 24.5 Å². The summed E-state index contributed by atoms with van der Waals surface area (Å²) in [6, 6.07) is 7.14. The predicted molar refractivity (Wildman–Crippen MR) is 150 cm³/mol. The zero-order valence-corrected chi connectivity index (χ0v) is 24.2. The zero-order valence-electron chi connectivity index (χ0n) is 23.4. The van der Waals surface area contributed by atoms with Gasteiger partial charge in [-0.2, -0.15) is 0 Å². The Balaban J connectivity index is 1.13. The number of imide groups is 1. The third-order valence-corrected chi connectivity index (χ3v) is 13.7. The molecule has 10 heteroatoms. The monoisotopic (exact) mass is 565 g/mol. The number of carbonyl (C=O) groups is 2. The summed E-state index contributed by atoms with van der Waals surface area (Å²) >= 11 is 0. The number of hydrogen-bond acceptors (Lipinski definition) is 5. The van der Waals surface area contributed by atoms with Crippen LogP contribution in [0.2, 0.25) is 0 Å². The number of aromatic nitrogens is 2. The van der Waals surface area contributed by atoms with Crippen LogP contribution in [-0.2, 0) is 33.1 Å². The van der Waals surface area contributed by atoms with Crippen LogP contribution in [-0.4, -0.2) is 70.5 Å². The van der Waals surface area contributed by atoms with Crippen molar-refractivity contribution >= 4 is 22.0 Å². The van der Waals surface area contributed by atoms with E-state index in [-0.39, 0.29) is 28.4 Å². The van der Waals surface area contributed by atoms with Crippen molar-refractivity contribution in [1.29, 1.82) is 0 Å². The molecule has 9 nitrogen and oxygen atoms in total. The first-order valence-electron chi connectivity index (χ1n) is 14.7. The van der Waals surface area contributed by atoms with E-state index in [1.165, 1.54) is 16.0 Å². The molecule has 2 aromatic rings. The molecule has 2 bridgehead atoms. The largest absolute Gasteiger partial charge is 0.348 e. The summed E-state index contributed by atoms with van der Waals surface area (Å²) in [6.07, 6.45) is 9.70. The normalized spacial score (nSPS) is 32.6. The van der Waals surface area contributed by atoms with E-state index in [1.807, 2.05) is 0 Å². The molecule has 3 heterocycles. The molecule has 2 aliphatic heterocycles. The molecule has 40 heavy (non-hydrogen) atoms. The van der Waals surface area contributed by atoms with Crippen molar-refractivity contribution in [3.8, 4) is 0 Å². The molecule has 1 spiro atoms. The number of urea groups is 1. The van der Waals surface area contributed by atoms with Gasteiger partial charge in [0.25, 0.3) is 5.91 Å². The molecule has 3 amide bonds. The standard InChI is InChI=1S/C30H39N5O4S/c1-28(2)21-8-10-30(28,25(15-21)35-26(36)24(33-27(35)37)16-22-17-31-19-32-22)18-40(38,39)34-13-11-29(12-14-34)9-7-20-5-3-4-6-23(20)29/h3-6,17,19,21,24-25H,7-16,18H2,1-2H3,(H,31,32)(H,33,37). The number of aromatic amines is 1. The van der Waals surface area contributed by atoms with Gasteiger partial charge in [0.2, 0.25) is 10.0 Å². The Bertz CT molecular complexity index is 1450. The minimum Gasteiger partial charge on any atom is -0.348 e. The molecule has 4 unspecified atom stereocenters. The highest BCUT2D eigenvalue weighted by Crippen LogP contribution is 2.67. The third kappa shape index (κ3) is 3.67. The molecule has 2 N–H and O–H groups in total. The van der Waals surface area contributed by atoms with Gasteiger partial charge >= 0.3 is 6.03 Å². The SMILES string of the molecule is CC1(C)C2CCC1(CS(=O)(=O)N1CCC3(CCc4ccccc43)CC1)C(N1C(=O)NC(Cc3cnc[nH]3)C1=O)C2. The minimum atomic E-state index is -3.61. The number of fused-ring (bicyclic) bond motifs is 4. The summed E-state index contributed by atoms with van der Waals surface area (Å²) in [4.78, 5) is 35.3. The van der Waals surface area contributed by atoms with Gasteiger partial charge < -0.3 is 10.3 Å². The molecular formula is C30H39N5O4S. The van der Waals surface area contributed by atoms with Crippen molar-refractivity contribution in [3.05, 3.63) is 53.6 Å². The van der Waals surface area contributed by atoms with E-state index in [2.05, 4.69) is 53.4 Å². The van der Waals surface area contributed by atoms with E-state index in [9.17, 15) is 18.0 Å². The summed E-state index contributed by atoms with van der Waals surface area (Å²) in [5.74, 6) is 0.00383. The van der Waals surface area contributed by atoms with Crippen molar-refractivity contribution in [3.63, 3.8) is 0 Å². The minimum absolute atomic E-state index is 0.0139. The average Bonchev–Trinajstić information content (AvgIpc) is 3.71. The molecule has 214 valence electrons. The maximum atomic E-state index is 14.2. The second-order valence-corrected chi connectivity index (χ2v) is 15.4. The van der Waals surface area contributed by atoms with Crippen LogP contribution in [0.25, 0.3) is 0 Å². The lowest BCUT2D eigenvalue weighted by Gasteiger charge is -2.46. The van der Waals surface area contributed by atoms with E-state index in [0.29, 0.717) is 32.4 Å². The quantitative estimate of drug-likeness (QED) is 0.521. The maximum Gasteiger partial charge on any atom is 0.325 e. The number of H-pyrrole nitrogens is 1. The van der Waals surface area contributed by atoms with Gasteiger partial charge in [0.05, 0.1) is 12.1 Å². The highest BCUT2D eigenvalue weighted by atomic mass is 32.2. The van der Waals surface area contributed by atoms with Crippen molar-refractivity contribution in [2.24, 2.45) is 16.7 Å². The topological polar surface area (TPSA) is 115 Å². The van der Waals surface area contributed by atoms with E-state index in [0.717, 1.165) is 37.8 Å². The van der Waals surface area contributed by atoms with Crippen LogP contribution in [0.3, 0.4) is 0 Å². The van der Waals surface area contributed by atoms with Crippen LogP contribution in [0.15, 0.2) is 36.8 Å². The zero-order chi connectivity index (χ0) is 27.9. The van der Waals surface area contributed by atoms with E-state index < -0.39 is 33.6 Å². The number of rotatable bonds is 6. The molecule has 7 rings (SSSR count). The number of nitrogens with zero attached hydrogens (tertiary/aromatic N) is 3. The highest BCUT2D eigenvalue weighted by molar-refractivity contribution is 7.89. The first kappa shape index (κ1) is 26.2. The molecule has 1 aromatic heterocycles. The number of benzene rings is 1. The maximum absolute atomic E-state index is 14.2. The van der Waals surface area contributed by atoms with Gasteiger partial charge in [0.15, 0.2) is 0 Å². The highest BCUT2D eigenvalue weighted by Gasteiger charge is 2.69. The van der Waals surface area contributed by atoms with Crippen LogP contribution < -0.4 is 5.32 Å². The van der Waals surface area contributed by atoms with Gasteiger partial charge in [-0.3, -0.25) is 9.69 Å². The number of piperidine rings is 1. The molecule has 0 radical (unpaired) electrons. The Morgan fingerprint density at radius 2 is 1.85 bits per heavy atom. The summed E-state index contributed by atoms with van der Waals surface area (Å²) in [6.45, 7) is 5.36. The molecule has 2 saturated heterocycles. The fraction of sp³-hybridized carbons (Fsp3) is 0.633. The fourth-order valence-corrected chi connectivity index (χ4v) is 11.5. The Morgan fingerprint density at radius 3 is 2.58 bits per heavy atom. The molecule has 1 aromatic carbocycles. The van der Waals surface area contributed by atoms with Crippen LogP contribution in [0, 0.1) is 16.7 Å². The number of amides is 3. The molecule has 4 fully saturated rings. The lowest BCUT2D eigenvalue weighted by atomic mass is 9.68. The van der Waals surface area contributed by atoms with Crippen LogP contribution in [0.5, 0.6) is 0 Å². The lowest BCUT2D eigenvalue weighted by molar-refractivity contribution is -0.131. The lowest BCUT2D eigenvalue weighted by Crippen LogP contribution is -2.56. The van der Waals surface area contributed by atoms with Gasteiger partial charge in [-0.1, -0.05) is 38.1 Å². The van der Waals surface area contributed by atoms with E-state index >= 15 is 0 Å². The second-order valence-electron chi connectivity index (χ2n) is 13.4. The van der Waals surface area contributed by atoms with Crippen LogP contribution >= 0.6 is 0 Å². The van der Waals surface area contributed by atoms with Crippen LogP contribution in [0.4, 0.5) is 4.79 Å². The average molecular weight is 566 g/mol. The Morgan fingerprint density at radius 1 is 1.07 bits per heavy atom. The molecule has 4 atom stereocenters. The molecule has 2 saturated carbocycles. The molecular weight excluding hydrogens is 526 g/mol. The van der Waals surface area contributed by atoms with Gasteiger partial charge in [-0.25, -0.2) is 22.5 Å². The predicted octanol–water partition coefficient (Wildman–Crippen LogP) is 3.38. The third-order valence-electron chi connectivity index (χ3n) is 11.7. The van der Waals surface area contributed by atoms with Gasteiger partial charge in [-0.15, -0.1) is 0 Å². The summed E-state index contributed by atoms with van der Waals surface area (Å²) < 4.78 is 30.1. The number of imidazole rings is 1. The first-order valence-corrected chi connectivity index (χ1v) is 16.3. The van der Waals surface area contributed by atoms with Gasteiger partial charge in [-0.05, 0) is 72.8 Å². The second kappa shape index (κ2) is 8.89. The summed E-state index contributed by atoms with van der Waals surface area (Å²) in [5.41, 5.74) is 2.71. The first-order chi connectivity index (χ1) is 19.1. The number of nitrogens with one attached hydrogen (secondary N) is 2. The number of sulfonamides is 1. The Labute approximate surface area is 236 Å². The van der Waals surface area contributed by atoms with E-state index in [4.69, 9.17) is 0 Å². The Kier molecular flexibility index (Phi) is 5.82.